The second-order valence-corrected chi connectivity index (χ2v) is 7.86. The van der Waals surface area contributed by atoms with Crippen LogP contribution >= 0.6 is 11.3 Å². The Kier molecular flexibility index (Phi) is 3.80. The molecule has 6 heteroatoms. The number of nitrogens with two attached hydrogens (primary N) is 1. The first kappa shape index (κ1) is 16.1. The van der Waals surface area contributed by atoms with Gasteiger partial charge in [0.15, 0.2) is 5.72 Å². The lowest BCUT2D eigenvalue weighted by atomic mass is 9.73. The number of thiophene rings is 1. The van der Waals surface area contributed by atoms with E-state index in [0.29, 0.717) is 13.0 Å². The number of fused-ring (bicyclic) bond motifs is 4. The van der Waals surface area contributed by atoms with Crippen LogP contribution in [-0.4, -0.2) is 29.0 Å². The van der Waals surface area contributed by atoms with E-state index in [4.69, 9.17) is 10.5 Å². The van der Waals surface area contributed by atoms with Crippen molar-refractivity contribution >= 4 is 23.2 Å². The van der Waals surface area contributed by atoms with Crippen LogP contribution in [0.5, 0.6) is 5.75 Å². The fourth-order valence-electron chi connectivity index (χ4n) is 4.06. The Morgan fingerprint density at radius 1 is 1.36 bits per heavy atom. The second kappa shape index (κ2) is 5.88. The summed E-state index contributed by atoms with van der Waals surface area (Å²) in [6.45, 7) is 2.44. The van der Waals surface area contributed by atoms with E-state index in [9.17, 15) is 9.59 Å². The lowest BCUT2D eigenvalue weighted by Gasteiger charge is -2.52. The van der Waals surface area contributed by atoms with Crippen LogP contribution in [0, 0.1) is 5.92 Å². The van der Waals surface area contributed by atoms with Crippen molar-refractivity contribution in [2.24, 2.45) is 11.7 Å². The summed E-state index contributed by atoms with van der Waals surface area (Å²) in [6, 6.07) is 11.7. The summed E-state index contributed by atoms with van der Waals surface area (Å²) in [7, 11) is 0. The molecule has 3 atom stereocenters. The molecule has 1 saturated heterocycles. The smallest absolute Gasteiger partial charge is 0.238 e. The molecule has 2 aromatic rings. The van der Waals surface area contributed by atoms with Gasteiger partial charge in [0.2, 0.25) is 11.8 Å². The van der Waals surface area contributed by atoms with Crippen LogP contribution in [0.3, 0.4) is 0 Å². The number of piperidine rings is 1. The van der Waals surface area contributed by atoms with Crippen LogP contribution in [0.15, 0.2) is 41.8 Å². The molecule has 0 saturated carbocycles. The number of benzene rings is 1. The Hall–Kier alpha value is -2.34. The van der Waals surface area contributed by atoms with Crippen LogP contribution in [0.25, 0.3) is 0 Å². The number of amides is 2. The molecular formula is C19H20N2O3S. The van der Waals surface area contributed by atoms with Crippen molar-refractivity contribution in [1.29, 1.82) is 0 Å². The molecule has 2 aliphatic rings. The molecule has 2 N–H and O–H groups in total. The van der Waals surface area contributed by atoms with E-state index in [1.807, 2.05) is 48.7 Å². The maximum absolute atomic E-state index is 13.1. The topological polar surface area (TPSA) is 72.6 Å². The molecule has 1 fully saturated rings. The number of hydrogen-bond donors (Lipinski definition) is 1. The van der Waals surface area contributed by atoms with Crippen LogP contribution in [-0.2, 0) is 16.0 Å². The molecule has 0 spiro atoms. The Labute approximate surface area is 150 Å². The molecule has 2 bridgehead atoms. The Morgan fingerprint density at radius 2 is 2.16 bits per heavy atom. The van der Waals surface area contributed by atoms with Crippen molar-refractivity contribution in [3.8, 4) is 5.75 Å². The summed E-state index contributed by atoms with van der Waals surface area (Å²) in [5, 5.41) is 2.02. The average Bonchev–Trinajstić information content (AvgIpc) is 3.07. The first-order valence-electron chi connectivity index (χ1n) is 8.41. The highest BCUT2D eigenvalue weighted by Crippen LogP contribution is 2.49. The van der Waals surface area contributed by atoms with Gasteiger partial charge in [0, 0.05) is 23.8 Å². The summed E-state index contributed by atoms with van der Waals surface area (Å²) < 4.78 is 6.23. The van der Waals surface area contributed by atoms with E-state index in [1.165, 1.54) is 4.88 Å². The largest absolute Gasteiger partial charge is 0.468 e. The van der Waals surface area contributed by atoms with E-state index in [-0.39, 0.29) is 11.8 Å². The zero-order valence-electron chi connectivity index (χ0n) is 14.0. The second-order valence-electron chi connectivity index (χ2n) is 6.82. The Morgan fingerprint density at radius 3 is 2.88 bits per heavy atom. The Balaban J connectivity index is 1.71. The third-order valence-electron chi connectivity index (χ3n) is 5.22. The zero-order chi connectivity index (χ0) is 17.6. The highest BCUT2D eigenvalue weighted by atomic mass is 32.1. The molecule has 1 aromatic heterocycles. The third-order valence-corrected chi connectivity index (χ3v) is 6.16. The van der Waals surface area contributed by atoms with Crippen molar-refractivity contribution in [1.82, 2.24) is 4.90 Å². The normalized spacial score (nSPS) is 27.6. The highest BCUT2D eigenvalue weighted by Gasteiger charge is 2.55. The molecule has 1 aromatic carbocycles. The van der Waals surface area contributed by atoms with E-state index in [0.717, 1.165) is 17.7 Å². The molecule has 0 aliphatic carbocycles. The fourth-order valence-corrected chi connectivity index (χ4v) is 4.75. The highest BCUT2D eigenvalue weighted by molar-refractivity contribution is 7.09. The van der Waals surface area contributed by atoms with Gasteiger partial charge in [0.05, 0.1) is 0 Å². The average molecular weight is 356 g/mol. The molecular weight excluding hydrogens is 336 g/mol. The molecule has 0 unspecified atom stereocenters. The number of rotatable bonds is 4. The summed E-state index contributed by atoms with van der Waals surface area (Å²) in [5.74, 6) is -1.10. The number of carbonyl (C=O) groups is 2. The first-order valence-corrected chi connectivity index (χ1v) is 9.29. The summed E-state index contributed by atoms with van der Waals surface area (Å²) >= 11 is 1.66. The fraction of sp³-hybridized carbons (Fsp3) is 0.368. The van der Waals surface area contributed by atoms with Gasteiger partial charge in [-0.2, -0.15) is 0 Å². The van der Waals surface area contributed by atoms with E-state index in [2.05, 4.69) is 0 Å². The lowest BCUT2D eigenvalue weighted by Crippen LogP contribution is -2.64. The van der Waals surface area contributed by atoms with E-state index < -0.39 is 17.6 Å². The summed E-state index contributed by atoms with van der Waals surface area (Å²) in [4.78, 5) is 28.1. The number of primary amides is 1. The number of nitrogens with zero attached hydrogens (tertiary/aromatic N) is 1. The number of carbonyl (C=O) groups excluding carboxylic acids is 2. The van der Waals surface area contributed by atoms with Crippen LogP contribution in [0.2, 0.25) is 0 Å². The molecule has 4 rings (SSSR count). The van der Waals surface area contributed by atoms with Crippen molar-refractivity contribution in [3.05, 3.63) is 52.2 Å². The minimum Gasteiger partial charge on any atom is -0.468 e. The van der Waals surface area contributed by atoms with Gasteiger partial charge in [-0.15, -0.1) is 11.3 Å². The third kappa shape index (κ3) is 2.61. The summed E-state index contributed by atoms with van der Waals surface area (Å²) in [5.41, 5.74) is 5.77. The van der Waals surface area contributed by atoms with Crippen molar-refractivity contribution in [3.63, 3.8) is 0 Å². The quantitative estimate of drug-likeness (QED) is 0.856. The van der Waals surface area contributed by atoms with Crippen molar-refractivity contribution in [2.45, 2.75) is 31.4 Å². The number of hydrogen-bond acceptors (Lipinski definition) is 4. The molecule has 5 nitrogen and oxygen atoms in total. The van der Waals surface area contributed by atoms with Gasteiger partial charge in [-0.25, -0.2) is 0 Å². The Bertz CT molecular complexity index is 820. The van der Waals surface area contributed by atoms with Gasteiger partial charge < -0.3 is 15.4 Å². The van der Waals surface area contributed by atoms with Gasteiger partial charge in [0.1, 0.15) is 11.7 Å². The predicted octanol–water partition coefficient (Wildman–Crippen LogP) is 2.52. The lowest BCUT2D eigenvalue weighted by molar-refractivity contribution is -0.175. The maximum Gasteiger partial charge on any atom is 0.238 e. The number of ether oxygens (including phenoxy) is 1. The van der Waals surface area contributed by atoms with Gasteiger partial charge in [0.25, 0.3) is 0 Å². The van der Waals surface area contributed by atoms with Gasteiger partial charge in [-0.1, -0.05) is 24.3 Å². The van der Waals surface area contributed by atoms with Gasteiger partial charge in [-0.05, 0) is 36.4 Å². The SMILES string of the molecule is C[C@@]12C[C@@H](c3ccccc3O1)[C@H](C(N)=O)C(=O)N2CCc1cccs1. The molecule has 2 aliphatic heterocycles. The minimum absolute atomic E-state index is 0.224. The maximum atomic E-state index is 13.1. The first-order chi connectivity index (χ1) is 12.0. The van der Waals surface area contributed by atoms with Gasteiger partial charge in [-0.3, -0.25) is 9.59 Å². The number of likely N-dealkylation sites (tertiary alicyclic amines) is 1. The minimum atomic E-state index is -0.832. The van der Waals surface area contributed by atoms with Crippen molar-refractivity contribution in [2.75, 3.05) is 6.54 Å². The van der Waals surface area contributed by atoms with Crippen molar-refractivity contribution < 1.29 is 14.3 Å². The monoisotopic (exact) mass is 356 g/mol. The zero-order valence-corrected chi connectivity index (χ0v) is 14.8. The summed E-state index contributed by atoms with van der Waals surface area (Å²) in [6.07, 6.45) is 1.31. The molecule has 3 heterocycles. The molecule has 25 heavy (non-hydrogen) atoms. The van der Waals surface area contributed by atoms with Gasteiger partial charge >= 0.3 is 0 Å². The standard InChI is InChI=1S/C19H20N2O3S/c1-19-11-14(13-6-2-3-7-15(13)24-19)16(17(20)22)18(23)21(19)9-8-12-5-4-10-25-12/h2-7,10,14,16H,8-9,11H2,1H3,(H2,20,22)/t14-,16+,19-/m0/s1. The predicted molar refractivity (Wildman–Crippen MR) is 95.3 cm³/mol. The molecule has 2 amide bonds. The van der Waals surface area contributed by atoms with Crippen LogP contribution in [0.1, 0.15) is 29.7 Å². The van der Waals surface area contributed by atoms with Crippen LogP contribution < -0.4 is 10.5 Å². The van der Waals surface area contributed by atoms with E-state index >= 15 is 0 Å². The molecule has 0 radical (unpaired) electrons. The van der Waals surface area contributed by atoms with E-state index in [1.54, 1.807) is 16.2 Å². The number of para-hydroxylation sites is 1. The molecule has 130 valence electrons. The van der Waals surface area contributed by atoms with Crippen LogP contribution in [0.4, 0.5) is 0 Å².